The normalized spacial score (nSPS) is 12.0. The highest BCUT2D eigenvalue weighted by molar-refractivity contribution is 7.99. The summed E-state index contributed by atoms with van der Waals surface area (Å²) in [4.78, 5) is 28.7. The minimum atomic E-state index is -0.918. The number of benzene rings is 3. The van der Waals surface area contributed by atoms with Gasteiger partial charge in [-0.3, -0.25) is 9.59 Å². The van der Waals surface area contributed by atoms with Crippen LogP contribution in [0.4, 0.5) is 5.69 Å². The van der Waals surface area contributed by atoms with Gasteiger partial charge in [0.25, 0.3) is 11.1 Å². The van der Waals surface area contributed by atoms with Crippen LogP contribution in [0.5, 0.6) is 0 Å². The van der Waals surface area contributed by atoms with Gasteiger partial charge in [-0.15, -0.1) is 0 Å². The van der Waals surface area contributed by atoms with E-state index in [0.29, 0.717) is 16.5 Å². The lowest BCUT2D eigenvalue weighted by molar-refractivity contribution is -0.150. The maximum atomic E-state index is 12.3. The summed E-state index contributed by atoms with van der Waals surface area (Å²) in [6.45, 7) is 1.54. The first-order chi connectivity index (χ1) is 14.1. The third kappa shape index (κ3) is 4.57. The van der Waals surface area contributed by atoms with Gasteiger partial charge >= 0.3 is 5.97 Å². The van der Waals surface area contributed by atoms with Crippen molar-refractivity contribution in [2.75, 3.05) is 11.1 Å². The van der Waals surface area contributed by atoms with Crippen LogP contribution < -0.4 is 5.32 Å². The maximum Gasteiger partial charge on any atom is 0.317 e. The van der Waals surface area contributed by atoms with Crippen LogP contribution in [0.3, 0.4) is 0 Å². The fourth-order valence-corrected chi connectivity index (χ4v) is 3.45. The Hall–Kier alpha value is -3.32. The zero-order valence-electron chi connectivity index (χ0n) is 15.6. The van der Waals surface area contributed by atoms with Gasteiger partial charge in [0.05, 0.1) is 0 Å². The number of oxazole rings is 1. The molecule has 3 aromatic carbocycles. The van der Waals surface area contributed by atoms with Crippen LogP contribution >= 0.6 is 11.8 Å². The van der Waals surface area contributed by atoms with Gasteiger partial charge in [-0.2, -0.15) is 0 Å². The average Bonchev–Trinajstić information content (AvgIpc) is 3.15. The summed E-state index contributed by atoms with van der Waals surface area (Å²) in [5.41, 5.74) is 2.04. The molecular weight excluding hydrogens is 388 g/mol. The molecule has 1 N–H and O–H groups in total. The first-order valence-corrected chi connectivity index (χ1v) is 10.0. The number of esters is 1. The Morgan fingerprint density at radius 1 is 1.07 bits per heavy atom. The Morgan fingerprint density at radius 2 is 1.83 bits per heavy atom. The second kappa shape index (κ2) is 8.36. The quantitative estimate of drug-likeness (QED) is 0.371. The third-order valence-corrected chi connectivity index (χ3v) is 5.08. The van der Waals surface area contributed by atoms with Crippen LogP contribution in [0, 0.1) is 0 Å². The van der Waals surface area contributed by atoms with Crippen molar-refractivity contribution in [3.63, 3.8) is 0 Å². The molecule has 0 aliphatic heterocycles. The number of nitrogens with zero attached hydrogens (tertiary/aromatic N) is 1. The number of anilines is 1. The van der Waals surface area contributed by atoms with E-state index in [4.69, 9.17) is 9.15 Å². The molecule has 7 heteroatoms. The first-order valence-electron chi connectivity index (χ1n) is 9.06. The van der Waals surface area contributed by atoms with Crippen LogP contribution in [0.2, 0.25) is 0 Å². The fraction of sp³-hybridized carbons (Fsp3) is 0.136. The smallest absolute Gasteiger partial charge is 0.317 e. The van der Waals surface area contributed by atoms with E-state index < -0.39 is 12.1 Å². The molecule has 0 unspecified atom stereocenters. The molecule has 6 nitrogen and oxygen atoms in total. The molecule has 0 saturated heterocycles. The summed E-state index contributed by atoms with van der Waals surface area (Å²) < 4.78 is 10.8. The zero-order chi connectivity index (χ0) is 20.2. The fourth-order valence-electron chi connectivity index (χ4n) is 2.83. The van der Waals surface area contributed by atoms with Gasteiger partial charge in [0.2, 0.25) is 0 Å². The molecule has 0 bridgehead atoms. The number of amides is 1. The van der Waals surface area contributed by atoms with Gasteiger partial charge in [-0.05, 0) is 42.0 Å². The number of hydrogen-bond donors (Lipinski definition) is 1. The van der Waals surface area contributed by atoms with Gasteiger partial charge < -0.3 is 14.5 Å². The van der Waals surface area contributed by atoms with Crippen molar-refractivity contribution in [3.8, 4) is 0 Å². The minimum absolute atomic E-state index is 0.000413. The highest BCUT2D eigenvalue weighted by atomic mass is 32.2. The van der Waals surface area contributed by atoms with Gasteiger partial charge in [-0.25, -0.2) is 4.98 Å². The summed E-state index contributed by atoms with van der Waals surface area (Å²) in [5, 5.41) is 5.27. The lowest BCUT2D eigenvalue weighted by Gasteiger charge is -2.13. The Morgan fingerprint density at radius 3 is 2.66 bits per heavy atom. The third-order valence-electron chi connectivity index (χ3n) is 4.28. The Balaban J connectivity index is 1.30. The van der Waals surface area contributed by atoms with E-state index in [1.165, 1.54) is 0 Å². The number of carbonyl (C=O) groups excluding carboxylic acids is 2. The van der Waals surface area contributed by atoms with E-state index >= 15 is 0 Å². The van der Waals surface area contributed by atoms with E-state index in [-0.39, 0.29) is 11.7 Å². The number of thioether (sulfide) groups is 1. The minimum Gasteiger partial charge on any atom is -0.452 e. The number of ether oxygens (including phenoxy) is 1. The Bertz CT molecular complexity index is 1150. The molecule has 4 aromatic rings. The average molecular weight is 406 g/mol. The molecule has 1 heterocycles. The van der Waals surface area contributed by atoms with E-state index in [2.05, 4.69) is 10.3 Å². The number of nitrogens with one attached hydrogen (secondary N) is 1. The van der Waals surface area contributed by atoms with E-state index in [1.807, 2.05) is 66.7 Å². The van der Waals surface area contributed by atoms with Crippen LogP contribution in [0.25, 0.3) is 21.9 Å². The largest absolute Gasteiger partial charge is 0.452 e. The highest BCUT2D eigenvalue weighted by Gasteiger charge is 2.19. The van der Waals surface area contributed by atoms with Crippen molar-refractivity contribution in [1.82, 2.24) is 4.98 Å². The molecule has 0 radical (unpaired) electrons. The van der Waals surface area contributed by atoms with Crippen molar-refractivity contribution in [3.05, 3.63) is 66.7 Å². The molecule has 146 valence electrons. The van der Waals surface area contributed by atoms with Gasteiger partial charge in [0.15, 0.2) is 11.7 Å². The molecule has 1 atom stereocenters. The monoisotopic (exact) mass is 406 g/mol. The predicted molar refractivity (Wildman–Crippen MR) is 113 cm³/mol. The molecule has 1 aromatic heterocycles. The van der Waals surface area contributed by atoms with Crippen LogP contribution in [0.15, 0.2) is 76.4 Å². The number of aromatic nitrogens is 1. The summed E-state index contributed by atoms with van der Waals surface area (Å²) in [5.74, 6) is -0.903. The number of para-hydroxylation sites is 2. The summed E-state index contributed by atoms with van der Waals surface area (Å²) in [6.07, 6.45) is -0.918. The standard InChI is InChI=1S/C22H18N2O4S/c1-14(21(26)23-17-11-10-15-6-2-3-7-16(15)12-17)27-20(25)13-29-22-24-18-8-4-5-9-19(18)28-22/h2-12,14H,13H2,1H3,(H,23,26)/t14-/m1/s1. The zero-order valence-corrected chi connectivity index (χ0v) is 16.4. The first kappa shape index (κ1) is 19.0. The molecule has 0 aliphatic rings. The van der Waals surface area contributed by atoms with Gasteiger partial charge in [-0.1, -0.05) is 54.2 Å². The molecular formula is C22H18N2O4S. The van der Waals surface area contributed by atoms with Crippen molar-refractivity contribution in [1.29, 1.82) is 0 Å². The molecule has 0 aliphatic carbocycles. The molecule has 0 fully saturated rings. The van der Waals surface area contributed by atoms with Crippen LogP contribution in [-0.4, -0.2) is 28.7 Å². The van der Waals surface area contributed by atoms with E-state index in [1.54, 1.807) is 6.92 Å². The summed E-state index contributed by atoms with van der Waals surface area (Å²) >= 11 is 1.13. The van der Waals surface area contributed by atoms with E-state index in [0.717, 1.165) is 28.1 Å². The van der Waals surface area contributed by atoms with Gasteiger partial charge in [0, 0.05) is 5.69 Å². The topological polar surface area (TPSA) is 81.4 Å². The lowest BCUT2D eigenvalue weighted by Crippen LogP contribution is -2.30. The summed E-state index contributed by atoms with van der Waals surface area (Å²) in [7, 11) is 0. The Labute approximate surface area is 171 Å². The molecule has 4 rings (SSSR count). The molecule has 29 heavy (non-hydrogen) atoms. The molecule has 0 spiro atoms. The highest BCUT2D eigenvalue weighted by Crippen LogP contribution is 2.23. The van der Waals surface area contributed by atoms with E-state index in [9.17, 15) is 9.59 Å². The number of fused-ring (bicyclic) bond motifs is 2. The van der Waals surface area contributed by atoms with Crippen molar-refractivity contribution >= 4 is 51.2 Å². The lowest BCUT2D eigenvalue weighted by atomic mass is 10.1. The van der Waals surface area contributed by atoms with Crippen LogP contribution in [0.1, 0.15) is 6.92 Å². The predicted octanol–water partition coefficient (Wildman–Crippen LogP) is 4.64. The second-order valence-corrected chi connectivity index (χ2v) is 7.35. The maximum absolute atomic E-state index is 12.3. The number of carbonyl (C=O) groups is 2. The molecule has 1 amide bonds. The molecule has 0 saturated carbocycles. The van der Waals surface area contributed by atoms with Crippen LogP contribution in [-0.2, 0) is 14.3 Å². The SMILES string of the molecule is C[C@@H](OC(=O)CSc1nc2ccccc2o1)C(=O)Nc1ccc2ccccc2c1. The van der Waals surface area contributed by atoms with Gasteiger partial charge in [0.1, 0.15) is 11.3 Å². The Kier molecular flexibility index (Phi) is 5.48. The summed E-state index contributed by atoms with van der Waals surface area (Å²) in [6, 6.07) is 20.9. The second-order valence-electron chi connectivity index (χ2n) is 6.42. The number of hydrogen-bond acceptors (Lipinski definition) is 6. The van der Waals surface area contributed by atoms with Crippen molar-refractivity contribution < 1.29 is 18.7 Å². The van der Waals surface area contributed by atoms with Crippen molar-refractivity contribution in [2.24, 2.45) is 0 Å². The van der Waals surface area contributed by atoms with Crippen molar-refractivity contribution in [2.45, 2.75) is 18.3 Å². The number of rotatable bonds is 6.